The second-order valence-electron chi connectivity index (χ2n) is 4.69. The maximum absolute atomic E-state index is 13.8. The van der Waals surface area contributed by atoms with E-state index in [2.05, 4.69) is 10.3 Å². The Kier molecular flexibility index (Phi) is 2.99. The Morgan fingerprint density at radius 1 is 1.05 bits per heavy atom. The maximum atomic E-state index is 13.8. The van der Waals surface area contributed by atoms with Gasteiger partial charge in [-0.2, -0.15) is 0 Å². The van der Waals surface area contributed by atoms with E-state index >= 15 is 0 Å². The predicted octanol–water partition coefficient (Wildman–Crippen LogP) is 4.01. The van der Waals surface area contributed by atoms with Crippen molar-refractivity contribution in [2.45, 2.75) is 6.92 Å². The minimum Gasteiger partial charge on any atom is -0.399 e. The Morgan fingerprint density at radius 2 is 1.85 bits per heavy atom. The van der Waals surface area contributed by atoms with Gasteiger partial charge in [-0.15, -0.1) is 0 Å². The topological polar surface area (TPSA) is 50.9 Å². The Hall–Kier alpha value is -2.62. The van der Waals surface area contributed by atoms with Gasteiger partial charge in [0, 0.05) is 22.5 Å². The Balaban J connectivity index is 2.15. The summed E-state index contributed by atoms with van der Waals surface area (Å²) in [4.78, 5) is 4.45. The van der Waals surface area contributed by atoms with Crippen LogP contribution in [0.15, 0.2) is 48.5 Å². The van der Waals surface area contributed by atoms with Gasteiger partial charge in [0.15, 0.2) is 0 Å². The second-order valence-corrected chi connectivity index (χ2v) is 4.69. The maximum Gasteiger partial charge on any atom is 0.146 e. The second kappa shape index (κ2) is 4.81. The fourth-order valence-electron chi connectivity index (χ4n) is 2.19. The van der Waals surface area contributed by atoms with E-state index in [9.17, 15) is 4.39 Å². The number of nitrogen functional groups attached to an aromatic ring is 1. The Bertz CT molecular complexity index is 784. The molecule has 0 saturated carbocycles. The number of nitrogens with one attached hydrogen (secondary N) is 1. The smallest absolute Gasteiger partial charge is 0.146 e. The zero-order chi connectivity index (χ0) is 14.1. The molecule has 3 nitrogen and oxygen atoms in total. The molecule has 0 spiro atoms. The summed E-state index contributed by atoms with van der Waals surface area (Å²) < 4.78 is 13.8. The molecule has 0 amide bonds. The highest BCUT2D eigenvalue weighted by Crippen LogP contribution is 2.28. The number of hydrogen-bond donors (Lipinski definition) is 2. The molecule has 4 heteroatoms. The fraction of sp³-hybridized carbons (Fsp3) is 0.0625. The SMILES string of the molecule is Cc1cc(Nc2ccccc2F)c2cc(N)ccc2n1. The van der Waals surface area contributed by atoms with Gasteiger partial charge >= 0.3 is 0 Å². The van der Waals surface area contributed by atoms with Crippen LogP contribution in [0, 0.1) is 12.7 Å². The molecule has 0 aliphatic rings. The third-order valence-electron chi connectivity index (χ3n) is 3.10. The van der Waals surface area contributed by atoms with E-state index in [0.29, 0.717) is 11.4 Å². The summed E-state index contributed by atoms with van der Waals surface area (Å²) in [7, 11) is 0. The van der Waals surface area contributed by atoms with E-state index in [-0.39, 0.29) is 5.82 Å². The van der Waals surface area contributed by atoms with E-state index in [1.807, 2.05) is 31.2 Å². The number of aryl methyl sites for hydroxylation is 1. The number of nitrogens with zero attached hydrogens (tertiary/aromatic N) is 1. The average Bonchev–Trinajstić information content (AvgIpc) is 2.42. The van der Waals surface area contributed by atoms with E-state index in [4.69, 9.17) is 5.73 Å². The highest BCUT2D eigenvalue weighted by atomic mass is 19.1. The van der Waals surface area contributed by atoms with E-state index in [1.165, 1.54) is 6.07 Å². The molecule has 0 radical (unpaired) electrons. The lowest BCUT2D eigenvalue weighted by atomic mass is 10.1. The molecule has 0 saturated heterocycles. The Labute approximate surface area is 116 Å². The molecule has 2 aromatic carbocycles. The van der Waals surface area contributed by atoms with Crippen molar-refractivity contribution in [3.8, 4) is 0 Å². The number of fused-ring (bicyclic) bond motifs is 1. The highest BCUT2D eigenvalue weighted by molar-refractivity contribution is 5.95. The zero-order valence-corrected chi connectivity index (χ0v) is 11.0. The van der Waals surface area contributed by atoms with Crippen molar-refractivity contribution in [2.75, 3.05) is 11.1 Å². The van der Waals surface area contributed by atoms with Crippen molar-refractivity contribution in [1.82, 2.24) is 4.98 Å². The zero-order valence-electron chi connectivity index (χ0n) is 11.0. The number of nitrogens with two attached hydrogens (primary N) is 1. The van der Waals surface area contributed by atoms with Gasteiger partial charge in [-0.25, -0.2) is 4.39 Å². The van der Waals surface area contributed by atoms with E-state index < -0.39 is 0 Å². The van der Waals surface area contributed by atoms with Gasteiger partial charge in [0.1, 0.15) is 5.82 Å². The van der Waals surface area contributed by atoms with Gasteiger partial charge in [0.2, 0.25) is 0 Å². The summed E-state index contributed by atoms with van der Waals surface area (Å²) >= 11 is 0. The summed E-state index contributed by atoms with van der Waals surface area (Å²) in [5.41, 5.74) is 9.40. The molecular weight excluding hydrogens is 253 g/mol. The van der Waals surface area contributed by atoms with Gasteiger partial charge in [0.25, 0.3) is 0 Å². The lowest BCUT2D eigenvalue weighted by Crippen LogP contribution is -1.97. The monoisotopic (exact) mass is 267 g/mol. The number of anilines is 3. The molecule has 0 unspecified atom stereocenters. The quantitative estimate of drug-likeness (QED) is 0.690. The summed E-state index contributed by atoms with van der Waals surface area (Å²) in [6.45, 7) is 1.91. The van der Waals surface area contributed by atoms with Gasteiger partial charge < -0.3 is 11.1 Å². The molecule has 0 fully saturated rings. The third kappa shape index (κ3) is 2.28. The van der Waals surface area contributed by atoms with Crippen LogP contribution in [-0.2, 0) is 0 Å². The first-order valence-electron chi connectivity index (χ1n) is 6.32. The van der Waals surface area contributed by atoms with Crippen molar-refractivity contribution < 1.29 is 4.39 Å². The number of pyridine rings is 1. The lowest BCUT2D eigenvalue weighted by Gasteiger charge is -2.12. The number of para-hydroxylation sites is 1. The first-order chi connectivity index (χ1) is 9.63. The van der Waals surface area contributed by atoms with Crippen molar-refractivity contribution in [1.29, 1.82) is 0 Å². The average molecular weight is 267 g/mol. The summed E-state index contributed by atoms with van der Waals surface area (Å²) in [5.74, 6) is -0.293. The van der Waals surface area contributed by atoms with Crippen LogP contribution in [0.25, 0.3) is 10.9 Å². The molecule has 1 heterocycles. The predicted molar refractivity (Wildman–Crippen MR) is 80.6 cm³/mol. The molecule has 0 aliphatic carbocycles. The number of rotatable bonds is 2. The molecular formula is C16H14FN3. The lowest BCUT2D eigenvalue weighted by molar-refractivity contribution is 0.632. The summed E-state index contributed by atoms with van der Waals surface area (Å²) in [6.07, 6.45) is 0. The molecule has 3 N–H and O–H groups in total. The minimum absolute atomic E-state index is 0.293. The standard InChI is InChI=1S/C16H14FN3/c1-10-8-16(20-15-5-3-2-4-13(15)17)12-9-11(18)6-7-14(12)19-10/h2-9H,18H2,1H3,(H,19,20). The minimum atomic E-state index is -0.293. The summed E-state index contributed by atoms with van der Waals surface area (Å²) in [6, 6.07) is 14.0. The Morgan fingerprint density at radius 3 is 2.65 bits per heavy atom. The molecule has 3 rings (SSSR count). The number of benzene rings is 2. The summed E-state index contributed by atoms with van der Waals surface area (Å²) in [5, 5.41) is 3.99. The van der Waals surface area contributed by atoms with Crippen LogP contribution in [-0.4, -0.2) is 4.98 Å². The highest BCUT2D eigenvalue weighted by Gasteiger charge is 2.07. The molecule has 3 aromatic rings. The van der Waals surface area contributed by atoms with Crippen LogP contribution in [0.3, 0.4) is 0 Å². The van der Waals surface area contributed by atoms with Crippen LogP contribution in [0.2, 0.25) is 0 Å². The molecule has 0 atom stereocenters. The van der Waals surface area contributed by atoms with E-state index in [0.717, 1.165) is 22.3 Å². The van der Waals surface area contributed by atoms with Crippen LogP contribution < -0.4 is 11.1 Å². The van der Waals surface area contributed by atoms with Crippen LogP contribution >= 0.6 is 0 Å². The molecule has 0 aliphatic heterocycles. The van der Waals surface area contributed by atoms with Crippen molar-refractivity contribution in [3.05, 3.63) is 60.0 Å². The third-order valence-corrected chi connectivity index (χ3v) is 3.10. The largest absolute Gasteiger partial charge is 0.399 e. The van der Waals surface area contributed by atoms with Crippen LogP contribution in [0.4, 0.5) is 21.5 Å². The molecule has 1 aromatic heterocycles. The van der Waals surface area contributed by atoms with Crippen molar-refractivity contribution in [2.24, 2.45) is 0 Å². The molecule has 0 bridgehead atoms. The first kappa shape index (κ1) is 12.4. The molecule has 20 heavy (non-hydrogen) atoms. The van der Waals surface area contributed by atoms with Crippen molar-refractivity contribution >= 4 is 28.0 Å². The van der Waals surface area contributed by atoms with Gasteiger partial charge in [0.05, 0.1) is 11.2 Å². The van der Waals surface area contributed by atoms with Gasteiger partial charge in [-0.1, -0.05) is 12.1 Å². The van der Waals surface area contributed by atoms with Crippen LogP contribution in [0.1, 0.15) is 5.69 Å². The number of aromatic nitrogens is 1. The normalized spacial score (nSPS) is 10.7. The number of halogens is 1. The number of hydrogen-bond acceptors (Lipinski definition) is 3. The first-order valence-corrected chi connectivity index (χ1v) is 6.32. The molecule has 100 valence electrons. The van der Waals surface area contributed by atoms with Crippen LogP contribution in [0.5, 0.6) is 0 Å². The van der Waals surface area contributed by atoms with E-state index in [1.54, 1.807) is 18.2 Å². The van der Waals surface area contributed by atoms with Gasteiger partial charge in [-0.05, 0) is 43.3 Å². The fourth-order valence-corrected chi connectivity index (χ4v) is 2.19. The van der Waals surface area contributed by atoms with Gasteiger partial charge in [-0.3, -0.25) is 4.98 Å². The van der Waals surface area contributed by atoms with Crippen molar-refractivity contribution in [3.63, 3.8) is 0 Å².